The van der Waals surface area contributed by atoms with Crippen LogP contribution in [0.3, 0.4) is 0 Å². The first-order valence-corrected chi connectivity index (χ1v) is 9.55. The molecule has 0 aliphatic rings. The Labute approximate surface area is 173 Å². The SMILES string of the molecule is CCOC(=O)c1cc(-c2ccc(Cl)cc2)c(C(C)=O)cc1-c1ccccc1Cl. The van der Waals surface area contributed by atoms with Crippen LogP contribution in [0.1, 0.15) is 34.6 Å². The van der Waals surface area contributed by atoms with E-state index in [1.165, 1.54) is 6.92 Å². The summed E-state index contributed by atoms with van der Waals surface area (Å²) in [5.41, 5.74) is 3.49. The van der Waals surface area contributed by atoms with Crippen molar-refractivity contribution in [3.63, 3.8) is 0 Å². The highest BCUT2D eigenvalue weighted by molar-refractivity contribution is 6.33. The molecule has 0 aromatic heterocycles. The van der Waals surface area contributed by atoms with E-state index >= 15 is 0 Å². The second kappa shape index (κ2) is 8.59. The molecule has 0 radical (unpaired) electrons. The molecule has 0 aliphatic carbocycles. The maximum atomic E-state index is 12.7. The molecule has 142 valence electrons. The maximum absolute atomic E-state index is 12.7. The van der Waals surface area contributed by atoms with Gasteiger partial charge in [0, 0.05) is 21.2 Å². The first kappa shape index (κ1) is 20.1. The number of hydrogen-bond acceptors (Lipinski definition) is 3. The number of halogens is 2. The van der Waals surface area contributed by atoms with E-state index in [-0.39, 0.29) is 12.4 Å². The fourth-order valence-electron chi connectivity index (χ4n) is 3.04. The van der Waals surface area contributed by atoms with Gasteiger partial charge in [0.1, 0.15) is 0 Å². The third-order valence-corrected chi connectivity index (χ3v) is 4.93. The Bertz CT molecular complexity index is 1040. The number of carbonyl (C=O) groups is 2. The average Bonchev–Trinajstić information content (AvgIpc) is 2.68. The molecule has 3 rings (SSSR count). The summed E-state index contributed by atoms with van der Waals surface area (Å²) in [7, 11) is 0. The van der Waals surface area contributed by atoms with Crippen molar-refractivity contribution in [1.29, 1.82) is 0 Å². The number of hydrogen-bond donors (Lipinski definition) is 0. The van der Waals surface area contributed by atoms with Crippen molar-refractivity contribution in [2.24, 2.45) is 0 Å². The Kier molecular flexibility index (Phi) is 6.18. The van der Waals surface area contributed by atoms with Gasteiger partial charge in [0.15, 0.2) is 5.78 Å². The molecule has 5 heteroatoms. The zero-order valence-electron chi connectivity index (χ0n) is 15.5. The number of rotatable bonds is 5. The molecular formula is C23H18Cl2O3. The molecule has 3 aromatic carbocycles. The molecule has 0 atom stereocenters. The van der Waals surface area contributed by atoms with Gasteiger partial charge in [0.2, 0.25) is 0 Å². The first-order valence-electron chi connectivity index (χ1n) is 8.79. The van der Waals surface area contributed by atoms with Gasteiger partial charge in [-0.15, -0.1) is 0 Å². The fourth-order valence-corrected chi connectivity index (χ4v) is 3.40. The minimum atomic E-state index is -0.470. The molecule has 3 nitrogen and oxygen atoms in total. The fraction of sp³-hybridized carbons (Fsp3) is 0.130. The van der Waals surface area contributed by atoms with E-state index in [1.54, 1.807) is 37.3 Å². The summed E-state index contributed by atoms with van der Waals surface area (Å²) >= 11 is 12.4. The number of ketones is 1. The van der Waals surface area contributed by atoms with Crippen molar-refractivity contribution in [3.8, 4) is 22.3 Å². The van der Waals surface area contributed by atoms with E-state index in [0.717, 1.165) is 5.56 Å². The van der Waals surface area contributed by atoms with Gasteiger partial charge >= 0.3 is 5.97 Å². The highest BCUT2D eigenvalue weighted by Gasteiger charge is 2.21. The summed E-state index contributed by atoms with van der Waals surface area (Å²) < 4.78 is 5.25. The number of carbonyl (C=O) groups excluding carboxylic acids is 2. The zero-order chi connectivity index (χ0) is 20.3. The highest BCUT2D eigenvalue weighted by atomic mass is 35.5. The van der Waals surface area contributed by atoms with Crippen molar-refractivity contribution in [1.82, 2.24) is 0 Å². The maximum Gasteiger partial charge on any atom is 0.338 e. The van der Waals surface area contributed by atoms with Gasteiger partial charge in [-0.2, -0.15) is 0 Å². The van der Waals surface area contributed by atoms with Crippen LogP contribution >= 0.6 is 23.2 Å². The standard InChI is InChI=1S/C23H18Cl2O3/c1-3-28-23(27)21-13-19(15-8-10-16(24)11-9-15)18(14(2)26)12-20(21)17-6-4-5-7-22(17)25/h4-13H,3H2,1-2H3. The molecule has 28 heavy (non-hydrogen) atoms. The Morgan fingerprint density at radius 1 is 0.857 bits per heavy atom. The van der Waals surface area contributed by atoms with Gasteiger partial charge in [-0.3, -0.25) is 4.79 Å². The van der Waals surface area contributed by atoms with Crippen molar-refractivity contribution < 1.29 is 14.3 Å². The summed E-state index contributed by atoms with van der Waals surface area (Å²) in [6.07, 6.45) is 0. The molecule has 0 N–H and O–H groups in total. The van der Waals surface area contributed by atoms with Gasteiger partial charge in [-0.1, -0.05) is 53.5 Å². The van der Waals surface area contributed by atoms with Gasteiger partial charge < -0.3 is 4.74 Å². The molecule has 0 saturated heterocycles. The zero-order valence-corrected chi connectivity index (χ0v) is 17.0. The number of benzene rings is 3. The van der Waals surface area contributed by atoms with Crippen LogP contribution in [-0.4, -0.2) is 18.4 Å². The summed E-state index contributed by atoms with van der Waals surface area (Å²) in [4.78, 5) is 25.1. The lowest BCUT2D eigenvalue weighted by molar-refractivity contribution is 0.0527. The molecular weight excluding hydrogens is 395 g/mol. The molecule has 0 bridgehead atoms. The van der Waals surface area contributed by atoms with Crippen LogP contribution < -0.4 is 0 Å². The Balaban J connectivity index is 2.32. The summed E-state index contributed by atoms with van der Waals surface area (Å²) in [6, 6.07) is 17.7. The van der Waals surface area contributed by atoms with E-state index < -0.39 is 5.97 Å². The average molecular weight is 413 g/mol. The molecule has 0 saturated carbocycles. The quantitative estimate of drug-likeness (QED) is 0.345. The molecule has 0 spiro atoms. The largest absolute Gasteiger partial charge is 0.462 e. The van der Waals surface area contributed by atoms with Gasteiger partial charge in [0.25, 0.3) is 0 Å². The van der Waals surface area contributed by atoms with Gasteiger partial charge in [-0.05, 0) is 60.9 Å². The van der Waals surface area contributed by atoms with Crippen LogP contribution in [0.2, 0.25) is 10.0 Å². The summed E-state index contributed by atoms with van der Waals surface area (Å²) in [5, 5.41) is 1.08. The molecule has 3 aromatic rings. The second-order valence-corrected chi connectivity index (χ2v) is 7.05. The summed E-state index contributed by atoms with van der Waals surface area (Å²) in [5.74, 6) is -0.587. The predicted octanol–water partition coefficient (Wildman–Crippen LogP) is 6.71. The van der Waals surface area contributed by atoms with Crippen molar-refractivity contribution in [2.45, 2.75) is 13.8 Å². The topological polar surface area (TPSA) is 43.4 Å². The van der Waals surface area contributed by atoms with Crippen LogP contribution in [-0.2, 0) is 4.74 Å². The van der Waals surface area contributed by atoms with Crippen LogP contribution in [0.25, 0.3) is 22.3 Å². The van der Waals surface area contributed by atoms with E-state index in [0.29, 0.717) is 37.9 Å². The van der Waals surface area contributed by atoms with E-state index in [1.807, 2.05) is 30.3 Å². The minimum Gasteiger partial charge on any atom is -0.462 e. The molecule has 0 unspecified atom stereocenters. The van der Waals surface area contributed by atoms with E-state index in [4.69, 9.17) is 27.9 Å². The Hall–Kier alpha value is -2.62. The predicted molar refractivity (Wildman–Crippen MR) is 113 cm³/mol. The Morgan fingerprint density at radius 3 is 2.11 bits per heavy atom. The lowest BCUT2D eigenvalue weighted by Crippen LogP contribution is -2.09. The smallest absolute Gasteiger partial charge is 0.338 e. The van der Waals surface area contributed by atoms with Gasteiger partial charge in [-0.25, -0.2) is 4.79 Å². The monoisotopic (exact) mass is 412 g/mol. The van der Waals surface area contributed by atoms with Crippen molar-refractivity contribution >= 4 is 35.0 Å². The van der Waals surface area contributed by atoms with Gasteiger partial charge in [0.05, 0.1) is 12.2 Å². The normalized spacial score (nSPS) is 10.6. The van der Waals surface area contributed by atoms with Crippen LogP contribution in [0, 0.1) is 0 Å². The first-order chi connectivity index (χ1) is 13.4. The van der Waals surface area contributed by atoms with E-state index in [9.17, 15) is 9.59 Å². The van der Waals surface area contributed by atoms with Crippen LogP contribution in [0.5, 0.6) is 0 Å². The molecule has 0 heterocycles. The lowest BCUT2D eigenvalue weighted by Gasteiger charge is -2.16. The Morgan fingerprint density at radius 2 is 1.50 bits per heavy atom. The second-order valence-electron chi connectivity index (χ2n) is 6.21. The molecule has 0 fully saturated rings. The van der Waals surface area contributed by atoms with Crippen molar-refractivity contribution in [2.75, 3.05) is 6.61 Å². The summed E-state index contributed by atoms with van der Waals surface area (Å²) in [6.45, 7) is 3.48. The molecule has 0 aliphatic heterocycles. The lowest BCUT2D eigenvalue weighted by atomic mass is 9.89. The van der Waals surface area contributed by atoms with Crippen molar-refractivity contribution in [3.05, 3.63) is 81.8 Å². The third kappa shape index (κ3) is 4.11. The third-order valence-electron chi connectivity index (χ3n) is 4.35. The molecule has 0 amide bonds. The highest BCUT2D eigenvalue weighted by Crippen LogP contribution is 2.36. The van der Waals surface area contributed by atoms with Crippen LogP contribution in [0.15, 0.2) is 60.7 Å². The number of Topliss-reactive ketones (excluding diaryl/α,β-unsaturated/α-hetero) is 1. The number of esters is 1. The van der Waals surface area contributed by atoms with E-state index in [2.05, 4.69) is 0 Å². The number of ether oxygens (including phenoxy) is 1. The minimum absolute atomic E-state index is 0.117. The van der Waals surface area contributed by atoms with Crippen LogP contribution in [0.4, 0.5) is 0 Å².